The second-order valence-corrected chi connectivity index (χ2v) is 10.5. The lowest BCUT2D eigenvalue weighted by Gasteiger charge is -2.06. The lowest BCUT2D eigenvalue weighted by atomic mass is 10.2. The third-order valence-electron chi connectivity index (χ3n) is 4.08. The fraction of sp³-hybridized carbons (Fsp3) is 0.200. The highest BCUT2D eigenvalue weighted by Gasteiger charge is 2.16. The van der Waals surface area contributed by atoms with Crippen LogP contribution in [-0.4, -0.2) is 19.4 Å². The number of nitrogens with zero attached hydrogens (tertiary/aromatic N) is 1. The molecule has 1 heterocycles. The number of carbonyl (C=O) groups excluding carboxylic acids is 1. The van der Waals surface area contributed by atoms with E-state index in [4.69, 9.17) is 23.2 Å². The molecule has 30 heavy (non-hydrogen) atoms. The Kier molecular flexibility index (Phi) is 7.36. The van der Waals surface area contributed by atoms with Crippen LogP contribution in [0.1, 0.15) is 22.4 Å². The number of aromatic nitrogens is 1. The monoisotopic (exact) mass is 483 g/mol. The first-order chi connectivity index (χ1) is 14.2. The summed E-state index contributed by atoms with van der Waals surface area (Å²) >= 11 is 13.0. The third-order valence-corrected chi connectivity index (χ3v) is 7.14. The van der Waals surface area contributed by atoms with Crippen molar-refractivity contribution in [3.05, 3.63) is 80.3 Å². The Hall–Kier alpha value is -2.13. The van der Waals surface area contributed by atoms with Crippen LogP contribution >= 0.6 is 34.5 Å². The minimum Gasteiger partial charge on any atom is -0.334 e. The Labute approximate surface area is 189 Å². The van der Waals surface area contributed by atoms with Gasteiger partial charge in [0.1, 0.15) is 0 Å². The number of thiazole rings is 1. The van der Waals surface area contributed by atoms with E-state index in [1.165, 1.54) is 11.3 Å². The van der Waals surface area contributed by atoms with Crippen molar-refractivity contribution in [2.45, 2.75) is 25.0 Å². The van der Waals surface area contributed by atoms with Crippen LogP contribution in [0, 0.1) is 6.92 Å². The van der Waals surface area contributed by atoms with Gasteiger partial charge in [-0.1, -0.05) is 59.1 Å². The largest absolute Gasteiger partial charge is 0.334 e. The molecule has 0 spiro atoms. The van der Waals surface area contributed by atoms with Gasteiger partial charge in [-0.05, 0) is 30.2 Å². The predicted octanol–water partition coefficient (Wildman–Crippen LogP) is 5.20. The van der Waals surface area contributed by atoms with Crippen molar-refractivity contribution >= 4 is 55.5 Å². The summed E-state index contributed by atoms with van der Waals surface area (Å²) in [4.78, 5) is 16.3. The molecule has 0 fully saturated rings. The molecular formula is C20H19Cl2N3O3S2. The summed E-state index contributed by atoms with van der Waals surface area (Å²) in [6.45, 7) is 2.20. The summed E-state index contributed by atoms with van der Waals surface area (Å²) in [6, 6.07) is 12.0. The van der Waals surface area contributed by atoms with Crippen molar-refractivity contribution in [2.75, 3.05) is 5.32 Å². The first-order valence-electron chi connectivity index (χ1n) is 8.89. The number of hydrogen-bond acceptors (Lipinski definition) is 5. The van der Waals surface area contributed by atoms with Gasteiger partial charge >= 0.3 is 6.03 Å². The molecule has 0 saturated carbocycles. The van der Waals surface area contributed by atoms with Crippen molar-refractivity contribution in [3.8, 4) is 0 Å². The number of benzene rings is 2. The molecule has 0 radical (unpaired) electrons. The number of nitrogens with one attached hydrogen (secondary N) is 2. The number of aryl methyl sites for hydroxylation is 1. The first-order valence-corrected chi connectivity index (χ1v) is 12.3. The summed E-state index contributed by atoms with van der Waals surface area (Å²) in [5, 5.41) is 8.09. The Balaban J connectivity index is 1.53. The Morgan fingerprint density at radius 2 is 1.73 bits per heavy atom. The molecule has 6 nitrogen and oxygen atoms in total. The molecule has 0 aliphatic carbocycles. The number of urea groups is 1. The molecule has 0 bridgehead atoms. The lowest BCUT2D eigenvalue weighted by Crippen LogP contribution is -2.28. The minimum absolute atomic E-state index is 0.0578. The molecule has 3 aromatic rings. The summed E-state index contributed by atoms with van der Waals surface area (Å²) in [6.07, 6.45) is 0. The van der Waals surface area contributed by atoms with Gasteiger partial charge in [0, 0.05) is 11.9 Å². The van der Waals surface area contributed by atoms with Crippen LogP contribution in [0.4, 0.5) is 9.93 Å². The number of halogens is 2. The van der Waals surface area contributed by atoms with Crippen molar-refractivity contribution in [2.24, 2.45) is 0 Å². The molecule has 0 aliphatic rings. The van der Waals surface area contributed by atoms with Gasteiger partial charge in [0.05, 0.1) is 27.2 Å². The van der Waals surface area contributed by atoms with Crippen molar-refractivity contribution < 1.29 is 13.2 Å². The van der Waals surface area contributed by atoms with Crippen molar-refractivity contribution in [1.82, 2.24) is 10.3 Å². The maximum Gasteiger partial charge on any atom is 0.321 e. The highest BCUT2D eigenvalue weighted by molar-refractivity contribution is 7.89. The second-order valence-electron chi connectivity index (χ2n) is 6.72. The van der Waals surface area contributed by atoms with E-state index >= 15 is 0 Å². The van der Waals surface area contributed by atoms with Crippen molar-refractivity contribution in [3.63, 3.8) is 0 Å². The van der Waals surface area contributed by atoms with E-state index in [1.54, 1.807) is 35.7 Å². The van der Waals surface area contributed by atoms with E-state index in [1.807, 2.05) is 19.1 Å². The molecule has 3 rings (SSSR count). The zero-order chi connectivity index (χ0) is 21.7. The van der Waals surface area contributed by atoms with Crippen LogP contribution in [-0.2, 0) is 27.9 Å². The second kappa shape index (κ2) is 9.78. The fourth-order valence-electron chi connectivity index (χ4n) is 2.62. The number of amides is 2. The van der Waals surface area contributed by atoms with E-state index in [-0.39, 0.29) is 18.1 Å². The lowest BCUT2D eigenvalue weighted by molar-refractivity contribution is 0.251. The smallest absolute Gasteiger partial charge is 0.321 e. The van der Waals surface area contributed by atoms with E-state index in [0.29, 0.717) is 20.9 Å². The fourth-order valence-corrected chi connectivity index (χ4v) is 5.15. The van der Waals surface area contributed by atoms with E-state index in [0.717, 1.165) is 16.7 Å². The summed E-state index contributed by atoms with van der Waals surface area (Å²) < 4.78 is 24.9. The molecular weight excluding hydrogens is 465 g/mol. The zero-order valence-corrected chi connectivity index (χ0v) is 19.1. The van der Waals surface area contributed by atoms with Crippen LogP contribution < -0.4 is 10.6 Å². The maximum atomic E-state index is 12.4. The molecule has 0 saturated heterocycles. The molecule has 2 aromatic carbocycles. The number of rotatable bonds is 7. The molecule has 0 atom stereocenters. The van der Waals surface area contributed by atoms with Gasteiger partial charge < -0.3 is 5.32 Å². The van der Waals surface area contributed by atoms with Gasteiger partial charge in [-0.15, -0.1) is 11.3 Å². The molecule has 0 unspecified atom stereocenters. The highest BCUT2D eigenvalue weighted by atomic mass is 35.5. The summed E-state index contributed by atoms with van der Waals surface area (Å²) in [7, 11) is -3.38. The van der Waals surface area contributed by atoms with E-state index in [9.17, 15) is 13.2 Å². The molecule has 0 aliphatic heterocycles. The maximum absolute atomic E-state index is 12.4. The average Bonchev–Trinajstić information content (AvgIpc) is 3.10. The summed E-state index contributed by atoms with van der Waals surface area (Å²) in [5.41, 5.74) is 2.99. The molecule has 2 N–H and O–H groups in total. The van der Waals surface area contributed by atoms with E-state index < -0.39 is 15.9 Å². The van der Waals surface area contributed by atoms with Crippen LogP contribution in [0.2, 0.25) is 10.0 Å². The topological polar surface area (TPSA) is 88.2 Å². The standard InChI is InChI=1S/C20H19Cl2N3O3S2/c1-13-2-4-14(5-3-13)11-30(27,28)12-16-10-29-20(24-16)25-19(26)23-9-15-6-7-17(21)18(22)8-15/h2-8,10H,9,11-12H2,1H3,(H2,23,24,25,26). The molecule has 10 heteroatoms. The van der Waals surface area contributed by atoms with Gasteiger partial charge in [0.2, 0.25) is 0 Å². The number of carbonyl (C=O) groups is 1. The van der Waals surface area contributed by atoms with Crippen LogP contribution in [0.25, 0.3) is 0 Å². The first kappa shape index (κ1) is 22.6. The van der Waals surface area contributed by atoms with Crippen LogP contribution in [0.15, 0.2) is 47.8 Å². The number of anilines is 1. The highest BCUT2D eigenvalue weighted by Crippen LogP contribution is 2.23. The Morgan fingerprint density at radius 1 is 1.03 bits per heavy atom. The number of hydrogen-bond donors (Lipinski definition) is 2. The van der Waals surface area contributed by atoms with Gasteiger partial charge in [-0.25, -0.2) is 18.2 Å². The molecule has 158 valence electrons. The Morgan fingerprint density at radius 3 is 2.43 bits per heavy atom. The Bertz CT molecular complexity index is 1150. The van der Waals surface area contributed by atoms with Crippen LogP contribution in [0.5, 0.6) is 0 Å². The number of sulfone groups is 1. The third kappa shape index (κ3) is 6.70. The van der Waals surface area contributed by atoms with Crippen LogP contribution in [0.3, 0.4) is 0 Å². The van der Waals surface area contributed by atoms with Gasteiger partial charge in [0.25, 0.3) is 0 Å². The van der Waals surface area contributed by atoms with Gasteiger partial charge in [-0.3, -0.25) is 5.32 Å². The minimum atomic E-state index is -3.38. The quantitative estimate of drug-likeness (QED) is 0.483. The zero-order valence-electron chi connectivity index (χ0n) is 16.0. The molecule has 2 amide bonds. The molecule has 1 aromatic heterocycles. The average molecular weight is 484 g/mol. The summed E-state index contributed by atoms with van der Waals surface area (Å²) in [5.74, 6) is -0.248. The predicted molar refractivity (Wildman–Crippen MR) is 122 cm³/mol. The van der Waals surface area contributed by atoms with Crippen molar-refractivity contribution in [1.29, 1.82) is 0 Å². The normalized spacial score (nSPS) is 11.3. The van der Waals surface area contributed by atoms with Gasteiger partial charge in [-0.2, -0.15) is 0 Å². The van der Waals surface area contributed by atoms with Gasteiger partial charge in [0.15, 0.2) is 15.0 Å². The SMILES string of the molecule is Cc1ccc(CS(=O)(=O)Cc2csc(NC(=O)NCc3ccc(Cl)c(Cl)c3)n2)cc1. The van der Waals surface area contributed by atoms with E-state index in [2.05, 4.69) is 15.6 Å².